The average Bonchev–Trinajstić information content (AvgIpc) is 3.09. The maximum atomic E-state index is 12.7. The number of fused-ring (bicyclic) bond motifs is 1. The summed E-state index contributed by atoms with van der Waals surface area (Å²) in [5.41, 5.74) is 4.03. The molecule has 0 aromatic carbocycles. The van der Waals surface area contributed by atoms with Crippen molar-refractivity contribution in [3.8, 4) is 11.1 Å². The molecule has 0 fully saturated rings. The first kappa shape index (κ1) is 17.5. The van der Waals surface area contributed by atoms with E-state index in [4.69, 9.17) is 4.74 Å². The Morgan fingerprint density at radius 1 is 1.28 bits per heavy atom. The van der Waals surface area contributed by atoms with Gasteiger partial charge in [0, 0.05) is 31.2 Å². The highest BCUT2D eigenvalue weighted by Crippen LogP contribution is 2.35. The van der Waals surface area contributed by atoms with Crippen LogP contribution in [-0.4, -0.2) is 35.3 Å². The molecular formula is C19H23N3O2S. The van der Waals surface area contributed by atoms with Gasteiger partial charge in [0.15, 0.2) is 5.65 Å². The number of aromatic nitrogens is 2. The lowest BCUT2D eigenvalue weighted by Gasteiger charge is -2.20. The molecule has 3 aromatic rings. The van der Waals surface area contributed by atoms with E-state index in [9.17, 15) is 4.79 Å². The van der Waals surface area contributed by atoms with E-state index in [1.54, 1.807) is 15.9 Å². The van der Waals surface area contributed by atoms with Gasteiger partial charge in [-0.25, -0.2) is 14.3 Å². The van der Waals surface area contributed by atoms with Gasteiger partial charge < -0.3 is 9.64 Å². The van der Waals surface area contributed by atoms with Crippen molar-refractivity contribution in [1.82, 2.24) is 9.55 Å². The zero-order valence-corrected chi connectivity index (χ0v) is 16.3. The Bertz CT molecular complexity index is 918. The van der Waals surface area contributed by atoms with Crippen LogP contribution in [0.1, 0.15) is 26.5 Å². The van der Waals surface area contributed by atoms with Crippen LogP contribution in [-0.2, 0) is 4.74 Å². The van der Waals surface area contributed by atoms with Crippen LogP contribution in [0.4, 0.5) is 10.5 Å². The Labute approximate surface area is 151 Å². The van der Waals surface area contributed by atoms with Gasteiger partial charge in [-0.2, -0.15) is 11.3 Å². The van der Waals surface area contributed by atoms with Crippen molar-refractivity contribution < 1.29 is 9.53 Å². The predicted molar refractivity (Wildman–Crippen MR) is 104 cm³/mol. The lowest BCUT2D eigenvalue weighted by Crippen LogP contribution is -2.28. The number of carbonyl (C=O) groups excluding carboxylic acids is 1. The monoisotopic (exact) mass is 357 g/mol. The van der Waals surface area contributed by atoms with Crippen LogP contribution in [0, 0.1) is 6.92 Å². The third-order valence-corrected chi connectivity index (χ3v) is 4.57. The Balaban J connectivity index is 2.22. The minimum Gasteiger partial charge on any atom is -0.443 e. The third-order valence-electron chi connectivity index (χ3n) is 3.89. The second-order valence-electron chi connectivity index (χ2n) is 7.25. The first-order chi connectivity index (χ1) is 11.7. The summed E-state index contributed by atoms with van der Waals surface area (Å²) in [6, 6.07) is 4.16. The predicted octanol–water partition coefficient (Wildman–Crippen LogP) is 4.92. The molecule has 0 saturated carbocycles. The molecule has 6 heteroatoms. The largest absolute Gasteiger partial charge is 0.443 e. The molecule has 3 rings (SSSR count). The summed E-state index contributed by atoms with van der Waals surface area (Å²) in [5, 5.41) is 5.08. The quantitative estimate of drug-likeness (QED) is 0.653. The lowest BCUT2D eigenvalue weighted by atomic mass is 10.1. The Kier molecular flexibility index (Phi) is 4.33. The van der Waals surface area contributed by atoms with E-state index in [1.807, 2.05) is 58.3 Å². The SMILES string of the molecule is Cc1c(N(C)C)c2cc(-c3ccsc3)cnc2n1C(=O)OC(C)(C)C. The summed E-state index contributed by atoms with van der Waals surface area (Å²) in [6.45, 7) is 7.51. The standard InChI is InChI=1S/C19H23N3O2S/c1-12-16(21(5)6)15-9-14(13-7-8-25-11-13)10-20-17(15)22(12)18(23)24-19(2,3)4/h7-11H,1-6H3. The van der Waals surface area contributed by atoms with E-state index in [2.05, 4.69) is 22.5 Å². The lowest BCUT2D eigenvalue weighted by molar-refractivity contribution is 0.0541. The molecule has 0 unspecified atom stereocenters. The summed E-state index contributed by atoms with van der Waals surface area (Å²) in [7, 11) is 3.94. The van der Waals surface area contributed by atoms with Crippen molar-refractivity contribution in [2.24, 2.45) is 0 Å². The molecule has 0 aliphatic rings. The number of anilines is 1. The van der Waals surface area contributed by atoms with Crippen LogP contribution >= 0.6 is 11.3 Å². The number of hydrogen-bond donors (Lipinski definition) is 0. The Hall–Kier alpha value is -2.34. The number of thiophene rings is 1. The molecule has 3 aromatic heterocycles. The number of ether oxygens (including phenoxy) is 1. The molecule has 132 valence electrons. The third kappa shape index (κ3) is 3.26. The van der Waals surface area contributed by atoms with E-state index in [-0.39, 0.29) is 0 Å². The molecule has 0 amide bonds. The van der Waals surface area contributed by atoms with Crippen LogP contribution in [0.2, 0.25) is 0 Å². The summed E-state index contributed by atoms with van der Waals surface area (Å²) >= 11 is 1.65. The molecular weight excluding hydrogens is 334 g/mol. The van der Waals surface area contributed by atoms with E-state index in [1.165, 1.54) is 0 Å². The minimum absolute atomic E-state index is 0.404. The number of carbonyl (C=O) groups is 1. The molecule has 0 saturated heterocycles. The fourth-order valence-electron chi connectivity index (χ4n) is 2.95. The molecule has 0 aliphatic heterocycles. The second kappa shape index (κ2) is 6.19. The van der Waals surface area contributed by atoms with Gasteiger partial charge in [0.05, 0.1) is 11.4 Å². The normalized spacial score (nSPS) is 11.8. The van der Waals surface area contributed by atoms with Crippen LogP contribution < -0.4 is 4.90 Å². The smallest absolute Gasteiger partial charge is 0.420 e. The van der Waals surface area contributed by atoms with Crippen LogP contribution in [0.5, 0.6) is 0 Å². The fraction of sp³-hybridized carbons (Fsp3) is 0.368. The second-order valence-corrected chi connectivity index (χ2v) is 8.03. The molecule has 3 heterocycles. The first-order valence-corrected chi connectivity index (χ1v) is 9.07. The van der Waals surface area contributed by atoms with E-state index < -0.39 is 11.7 Å². The highest BCUT2D eigenvalue weighted by atomic mass is 32.1. The maximum Gasteiger partial charge on any atom is 0.420 e. The van der Waals surface area contributed by atoms with Crippen molar-refractivity contribution in [1.29, 1.82) is 0 Å². The number of nitrogens with zero attached hydrogens (tertiary/aromatic N) is 3. The molecule has 25 heavy (non-hydrogen) atoms. The summed E-state index contributed by atoms with van der Waals surface area (Å²) in [4.78, 5) is 19.3. The van der Waals surface area contributed by atoms with Gasteiger partial charge in [0.1, 0.15) is 5.60 Å². The van der Waals surface area contributed by atoms with Crippen LogP contribution in [0.15, 0.2) is 29.1 Å². The van der Waals surface area contributed by atoms with E-state index in [0.717, 1.165) is 27.9 Å². The zero-order chi connectivity index (χ0) is 18.4. The molecule has 0 spiro atoms. The van der Waals surface area contributed by atoms with Crippen molar-refractivity contribution in [2.75, 3.05) is 19.0 Å². The highest BCUT2D eigenvalue weighted by molar-refractivity contribution is 7.08. The highest BCUT2D eigenvalue weighted by Gasteiger charge is 2.25. The van der Waals surface area contributed by atoms with Crippen molar-refractivity contribution in [3.63, 3.8) is 0 Å². The van der Waals surface area contributed by atoms with Gasteiger partial charge >= 0.3 is 6.09 Å². The maximum absolute atomic E-state index is 12.7. The summed E-state index contributed by atoms with van der Waals surface area (Å²) < 4.78 is 7.14. The Morgan fingerprint density at radius 3 is 2.56 bits per heavy atom. The van der Waals surface area contributed by atoms with Gasteiger partial charge in [0.2, 0.25) is 0 Å². The van der Waals surface area contributed by atoms with E-state index >= 15 is 0 Å². The number of hydrogen-bond acceptors (Lipinski definition) is 5. The average molecular weight is 357 g/mol. The van der Waals surface area contributed by atoms with Crippen molar-refractivity contribution in [3.05, 3.63) is 34.8 Å². The first-order valence-electron chi connectivity index (χ1n) is 8.13. The van der Waals surface area contributed by atoms with Gasteiger partial charge in [-0.05, 0) is 56.2 Å². The molecule has 0 aliphatic carbocycles. The topological polar surface area (TPSA) is 47.4 Å². The summed E-state index contributed by atoms with van der Waals surface area (Å²) in [5.74, 6) is 0. The number of rotatable bonds is 2. The summed E-state index contributed by atoms with van der Waals surface area (Å²) in [6.07, 6.45) is 1.41. The number of pyridine rings is 1. The molecule has 0 radical (unpaired) electrons. The van der Waals surface area contributed by atoms with Crippen molar-refractivity contribution >= 4 is 34.2 Å². The fourth-order valence-corrected chi connectivity index (χ4v) is 3.62. The van der Waals surface area contributed by atoms with Gasteiger partial charge in [0.25, 0.3) is 0 Å². The van der Waals surface area contributed by atoms with Gasteiger partial charge in [-0.1, -0.05) is 0 Å². The van der Waals surface area contributed by atoms with Gasteiger partial charge in [-0.3, -0.25) is 0 Å². The molecule has 0 bridgehead atoms. The molecule has 0 N–H and O–H groups in total. The zero-order valence-electron chi connectivity index (χ0n) is 15.5. The van der Waals surface area contributed by atoms with Crippen LogP contribution in [0.3, 0.4) is 0 Å². The minimum atomic E-state index is -0.561. The van der Waals surface area contributed by atoms with E-state index in [0.29, 0.717) is 5.65 Å². The van der Waals surface area contributed by atoms with Gasteiger partial charge in [-0.15, -0.1) is 0 Å². The molecule has 5 nitrogen and oxygen atoms in total. The van der Waals surface area contributed by atoms with Crippen molar-refractivity contribution in [2.45, 2.75) is 33.3 Å². The van der Waals surface area contributed by atoms with Crippen LogP contribution in [0.25, 0.3) is 22.2 Å². The Morgan fingerprint density at radius 2 is 2.00 bits per heavy atom. The molecule has 0 atom stereocenters.